The molecule has 1 N–H and O–H groups in total. The molecule has 3 aliphatic rings. The first-order valence-corrected chi connectivity index (χ1v) is 14.9. The number of anilines is 1. The molecule has 0 radical (unpaired) electrons. The molecule has 0 saturated carbocycles. The summed E-state index contributed by atoms with van der Waals surface area (Å²) in [5.41, 5.74) is 0.753. The first kappa shape index (κ1) is 27.4. The molecule has 2 amide bonds. The summed E-state index contributed by atoms with van der Waals surface area (Å²) in [6.07, 6.45) is 4.60. The lowest BCUT2D eigenvalue weighted by molar-refractivity contribution is -0.129. The Morgan fingerprint density at radius 1 is 1.05 bits per heavy atom. The molecule has 1 atom stereocenters. The molecule has 1 unspecified atom stereocenters. The van der Waals surface area contributed by atoms with Crippen molar-refractivity contribution in [3.05, 3.63) is 70.3 Å². The SMILES string of the molecule is CC(=O)N1CCN(c2c(F)cc3c(=O)c(C(=O)NCCC4CCCN4C)cn4c3c2Oc2cc3ccccc3cc2-4)CC1. The molecule has 2 fully saturated rings. The topological polar surface area (TPSA) is 87.1 Å². The highest BCUT2D eigenvalue weighted by atomic mass is 19.1. The maximum atomic E-state index is 16.1. The number of hydrogen-bond acceptors (Lipinski definition) is 6. The van der Waals surface area contributed by atoms with Crippen LogP contribution in [0.1, 0.15) is 36.5 Å². The molecule has 1 aromatic heterocycles. The van der Waals surface area contributed by atoms with E-state index < -0.39 is 17.2 Å². The van der Waals surface area contributed by atoms with Gasteiger partial charge in [0.1, 0.15) is 16.8 Å². The van der Waals surface area contributed by atoms with E-state index in [0.717, 1.165) is 36.6 Å². The van der Waals surface area contributed by atoms with Gasteiger partial charge >= 0.3 is 0 Å². The van der Waals surface area contributed by atoms with Crippen molar-refractivity contribution < 1.29 is 18.7 Å². The largest absolute Gasteiger partial charge is 0.451 e. The molecule has 10 heteroatoms. The van der Waals surface area contributed by atoms with E-state index in [1.807, 2.05) is 41.3 Å². The number of amides is 2. The number of likely N-dealkylation sites (tertiary alicyclic amines) is 1. The van der Waals surface area contributed by atoms with E-state index in [0.29, 0.717) is 55.7 Å². The molecule has 3 aliphatic heterocycles. The number of ether oxygens (including phenoxy) is 1. The number of halogens is 1. The van der Waals surface area contributed by atoms with Gasteiger partial charge in [-0.15, -0.1) is 0 Å². The van der Waals surface area contributed by atoms with Gasteiger partial charge in [0.05, 0.1) is 11.1 Å². The van der Waals surface area contributed by atoms with Gasteiger partial charge in [0.25, 0.3) is 5.91 Å². The number of piperazine rings is 1. The maximum absolute atomic E-state index is 16.1. The van der Waals surface area contributed by atoms with Crippen LogP contribution < -0.4 is 20.4 Å². The molecule has 0 bridgehead atoms. The first-order chi connectivity index (χ1) is 20.8. The van der Waals surface area contributed by atoms with Gasteiger partial charge in [0, 0.05) is 51.9 Å². The number of benzene rings is 3. The number of aromatic nitrogens is 1. The Labute approximate surface area is 248 Å². The molecule has 3 aromatic carbocycles. The molecular formula is C33H34FN5O4. The van der Waals surface area contributed by atoms with E-state index in [1.165, 1.54) is 13.0 Å². The quantitative estimate of drug-likeness (QED) is 0.333. The smallest absolute Gasteiger partial charge is 0.256 e. The summed E-state index contributed by atoms with van der Waals surface area (Å²) >= 11 is 0. The summed E-state index contributed by atoms with van der Waals surface area (Å²) in [4.78, 5) is 45.1. The van der Waals surface area contributed by atoms with Crippen LogP contribution in [0.2, 0.25) is 0 Å². The summed E-state index contributed by atoms with van der Waals surface area (Å²) in [5, 5.41) is 4.94. The second-order valence-corrected chi connectivity index (χ2v) is 11.8. The number of hydrogen-bond donors (Lipinski definition) is 1. The Kier molecular flexibility index (Phi) is 6.80. The van der Waals surface area contributed by atoms with E-state index in [9.17, 15) is 14.4 Å². The zero-order valence-electron chi connectivity index (χ0n) is 24.4. The number of pyridine rings is 1. The number of fused-ring (bicyclic) bond motifs is 3. The number of nitrogens with zero attached hydrogens (tertiary/aromatic N) is 4. The Morgan fingerprint density at radius 3 is 2.49 bits per heavy atom. The van der Waals surface area contributed by atoms with E-state index in [-0.39, 0.29) is 28.3 Å². The summed E-state index contributed by atoms with van der Waals surface area (Å²) in [6, 6.07) is 13.3. The van der Waals surface area contributed by atoms with Gasteiger partial charge in [-0.25, -0.2) is 4.39 Å². The highest BCUT2D eigenvalue weighted by Gasteiger charge is 2.32. The fraction of sp³-hybridized carbons (Fsp3) is 0.364. The van der Waals surface area contributed by atoms with E-state index in [1.54, 1.807) is 15.7 Å². The van der Waals surface area contributed by atoms with Gasteiger partial charge in [-0.3, -0.25) is 14.4 Å². The van der Waals surface area contributed by atoms with Crippen molar-refractivity contribution in [2.24, 2.45) is 0 Å². The van der Waals surface area contributed by atoms with E-state index in [4.69, 9.17) is 4.74 Å². The molecular weight excluding hydrogens is 549 g/mol. The normalized spacial score (nSPS) is 18.2. The second kappa shape index (κ2) is 10.7. The van der Waals surface area contributed by atoms with Crippen molar-refractivity contribution >= 4 is 39.2 Å². The van der Waals surface area contributed by atoms with Crippen molar-refractivity contribution in [3.63, 3.8) is 0 Å². The molecule has 4 heterocycles. The Hall–Kier alpha value is -4.44. The van der Waals surface area contributed by atoms with Crippen molar-refractivity contribution in [1.82, 2.24) is 19.7 Å². The standard InChI is InChI=1S/C33H34FN5O4/c1-20(40)37-12-14-38(15-13-37)30-26(34)18-24-29-32(30)43-28-17-22-7-4-3-6-21(22)16-27(28)39(29)19-25(31(24)41)33(42)35-10-9-23-8-5-11-36(23)2/h3-4,6-7,16-19,23H,5,8-15H2,1-2H3,(H,35,42). The molecule has 9 nitrogen and oxygen atoms in total. The highest BCUT2D eigenvalue weighted by Crippen LogP contribution is 2.47. The molecule has 7 rings (SSSR count). The van der Waals surface area contributed by atoms with Crippen LogP contribution in [0.3, 0.4) is 0 Å². The molecule has 2 saturated heterocycles. The monoisotopic (exact) mass is 583 g/mol. The Morgan fingerprint density at radius 2 is 1.79 bits per heavy atom. The van der Waals surface area contributed by atoms with Crippen LogP contribution >= 0.6 is 0 Å². The van der Waals surface area contributed by atoms with Gasteiger partial charge in [-0.05, 0) is 61.8 Å². The average molecular weight is 584 g/mol. The van der Waals surface area contributed by atoms with E-state index >= 15 is 4.39 Å². The third-order valence-corrected chi connectivity index (χ3v) is 9.19. The molecule has 0 spiro atoms. The third-order valence-electron chi connectivity index (χ3n) is 9.19. The number of nitrogens with one attached hydrogen (secondary N) is 1. The minimum Gasteiger partial charge on any atom is -0.451 e. The van der Waals surface area contributed by atoms with Crippen LogP contribution in [-0.4, -0.2) is 78.5 Å². The van der Waals surface area contributed by atoms with Gasteiger partial charge in [0.15, 0.2) is 17.3 Å². The average Bonchev–Trinajstić information content (AvgIpc) is 3.41. The van der Waals surface area contributed by atoms with Crippen LogP contribution in [0.5, 0.6) is 11.5 Å². The summed E-state index contributed by atoms with van der Waals surface area (Å²) in [5.74, 6) is -0.361. The molecule has 0 aliphatic carbocycles. The van der Waals surface area contributed by atoms with Crippen LogP contribution in [0.25, 0.3) is 27.4 Å². The minimum absolute atomic E-state index is 0.0214. The molecule has 4 aromatic rings. The minimum atomic E-state index is -0.603. The fourth-order valence-electron chi connectivity index (χ4n) is 6.78. The van der Waals surface area contributed by atoms with Crippen LogP contribution in [0.15, 0.2) is 53.5 Å². The zero-order chi connectivity index (χ0) is 29.8. The van der Waals surface area contributed by atoms with Crippen molar-refractivity contribution in [1.29, 1.82) is 0 Å². The van der Waals surface area contributed by atoms with Gasteiger partial charge in [-0.1, -0.05) is 24.3 Å². The fourth-order valence-corrected chi connectivity index (χ4v) is 6.78. The lowest BCUT2D eigenvalue weighted by Gasteiger charge is -2.37. The molecule has 222 valence electrons. The zero-order valence-corrected chi connectivity index (χ0v) is 24.4. The number of carbonyl (C=O) groups is 2. The number of carbonyl (C=O) groups excluding carboxylic acids is 2. The van der Waals surface area contributed by atoms with Crippen LogP contribution in [0, 0.1) is 5.82 Å². The molecule has 43 heavy (non-hydrogen) atoms. The second-order valence-electron chi connectivity index (χ2n) is 11.8. The highest BCUT2D eigenvalue weighted by molar-refractivity contribution is 6.02. The van der Waals surface area contributed by atoms with Crippen LogP contribution in [0.4, 0.5) is 10.1 Å². The van der Waals surface area contributed by atoms with Gasteiger partial charge in [0.2, 0.25) is 11.3 Å². The van der Waals surface area contributed by atoms with Gasteiger partial charge in [-0.2, -0.15) is 0 Å². The summed E-state index contributed by atoms with van der Waals surface area (Å²) < 4.78 is 24.3. The lowest BCUT2D eigenvalue weighted by atomic mass is 10.0. The third kappa shape index (κ3) is 4.70. The predicted molar refractivity (Wildman–Crippen MR) is 164 cm³/mol. The first-order valence-electron chi connectivity index (χ1n) is 14.9. The van der Waals surface area contributed by atoms with Crippen molar-refractivity contribution in [2.45, 2.75) is 32.2 Å². The van der Waals surface area contributed by atoms with Gasteiger partial charge < -0.3 is 29.3 Å². The Bertz CT molecular complexity index is 1850. The van der Waals surface area contributed by atoms with E-state index in [2.05, 4.69) is 17.3 Å². The van der Waals surface area contributed by atoms with Crippen LogP contribution in [-0.2, 0) is 4.79 Å². The summed E-state index contributed by atoms with van der Waals surface area (Å²) in [6.45, 7) is 4.77. The van der Waals surface area contributed by atoms with Crippen molar-refractivity contribution in [2.75, 3.05) is 51.2 Å². The predicted octanol–water partition coefficient (Wildman–Crippen LogP) is 4.27. The Balaban J connectivity index is 1.35. The number of rotatable bonds is 5. The summed E-state index contributed by atoms with van der Waals surface area (Å²) in [7, 11) is 2.09. The van der Waals surface area contributed by atoms with Crippen molar-refractivity contribution in [3.8, 4) is 17.2 Å². The lowest BCUT2D eigenvalue weighted by Crippen LogP contribution is -2.48. The maximum Gasteiger partial charge on any atom is 0.256 e.